The van der Waals surface area contributed by atoms with E-state index < -0.39 is 34.7 Å². The zero-order valence-electron chi connectivity index (χ0n) is 7.31. The van der Waals surface area contributed by atoms with Crippen LogP contribution >= 0.6 is 11.6 Å². The Morgan fingerprint density at radius 3 is 2.47 bits per heavy atom. The summed E-state index contributed by atoms with van der Waals surface area (Å²) in [5.74, 6) is -1.84. The van der Waals surface area contributed by atoms with E-state index >= 15 is 0 Å². The fraction of sp³-hybridized carbons (Fsp3) is 0.222. The Morgan fingerprint density at radius 2 is 2.00 bits per heavy atom. The first-order chi connectivity index (χ1) is 6.86. The fourth-order valence-electron chi connectivity index (χ4n) is 1.08. The highest BCUT2D eigenvalue weighted by Crippen LogP contribution is 2.33. The molecule has 0 unspecified atom stereocenters. The number of benzene rings is 1. The summed E-state index contributed by atoms with van der Waals surface area (Å²) in [5.41, 5.74) is -1.71. The predicted molar refractivity (Wildman–Crippen MR) is 48.2 cm³/mol. The molecule has 0 saturated carbocycles. The molecule has 1 N–H and O–H groups in total. The molecule has 0 radical (unpaired) electrons. The Morgan fingerprint density at radius 1 is 1.40 bits per heavy atom. The number of carbonyl (C=O) groups excluding carboxylic acids is 1. The van der Waals surface area contributed by atoms with Crippen LogP contribution in [-0.4, -0.2) is 16.8 Å². The van der Waals surface area contributed by atoms with Crippen molar-refractivity contribution in [3.8, 4) is 5.75 Å². The van der Waals surface area contributed by atoms with E-state index in [0.717, 1.165) is 12.1 Å². The number of phenols is 1. The lowest BCUT2D eigenvalue weighted by atomic mass is 10.0. The van der Waals surface area contributed by atoms with Crippen molar-refractivity contribution in [1.29, 1.82) is 0 Å². The summed E-state index contributed by atoms with van der Waals surface area (Å²) in [5, 5.41) is 8.98. The molecule has 1 aromatic carbocycles. The average molecular weight is 239 g/mol. The number of phenolic OH excluding ortho intramolecular Hbond substituents is 1. The number of hydrogen-bond acceptors (Lipinski definition) is 2. The summed E-state index contributed by atoms with van der Waals surface area (Å²) >= 11 is 5.16. The molecular formula is C9H6ClF3O2. The molecule has 0 saturated heterocycles. The van der Waals surface area contributed by atoms with Gasteiger partial charge < -0.3 is 5.11 Å². The van der Waals surface area contributed by atoms with Crippen LogP contribution in [0, 0.1) is 0 Å². The van der Waals surface area contributed by atoms with E-state index in [4.69, 9.17) is 16.7 Å². The zero-order valence-corrected chi connectivity index (χ0v) is 8.06. The van der Waals surface area contributed by atoms with Crippen molar-refractivity contribution in [3.63, 3.8) is 0 Å². The molecule has 0 heterocycles. The van der Waals surface area contributed by atoms with Gasteiger partial charge in [-0.2, -0.15) is 13.2 Å². The molecule has 6 heteroatoms. The number of carbonyl (C=O) groups is 1. The first kappa shape index (κ1) is 11.8. The molecule has 1 aromatic rings. The van der Waals surface area contributed by atoms with Crippen molar-refractivity contribution >= 4 is 17.4 Å². The Balaban J connectivity index is 3.33. The first-order valence-electron chi connectivity index (χ1n) is 3.85. The van der Waals surface area contributed by atoms with Crippen molar-refractivity contribution in [1.82, 2.24) is 0 Å². The third-order valence-corrected chi connectivity index (χ3v) is 1.97. The van der Waals surface area contributed by atoms with Gasteiger partial charge in [0.05, 0.1) is 11.4 Å². The van der Waals surface area contributed by atoms with Crippen LogP contribution in [0.5, 0.6) is 5.75 Å². The number of hydrogen-bond donors (Lipinski definition) is 1. The van der Waals surface area contributed by atoms with E-state index in [1.165, 1.54) is 0 Å². The van der Waals surface area contributed by atoms with Gasteiger partial charge in [-0.3, -0.25) is 4.79 Å². The highest BCUT2D eigenvalue weighted by molar-refractivity contribution is 6.30. The van der Waals surface area contributed by atoms with Gasteiger partial charge in [0.2, 0.25) is 0 Å². The largest absolute Gasteiger partial charge is 0.508 e. The lowest BCUT2D eigenvalue weighted by molar-refractivity contribution is -0.137. The van der Waals surface area contributed by atoms with Crippen LogP contribution in [0.25, 0.3) is 0 Å². The summed E-state index contributed by atoms with van der Waals surface area (Å²) in [6.07, 6.45) is -4.63. The molecule has 0 bridgehead atoms. The second-order valence-corrected chi connectivity index (χ2v) is 3.05. The summed E-state index contributed by atoms with van der Waals surface area (Å²) in [6.45, 7) is 0. The molecule has 2 nitrogen and oxygen atoms in total. The zero-order chi connectivity index (χ0) is 11.6. The lowest BCUT2D eigenvalue weighted by Crippen LogP contribution is -2.13. The van der Waals surface area contributed by atoms with Gasteiger partial charge in [0.1, 0.15) is 5.75 Å². The van der Waals surface area contributed by atoms with E-state index in [2.05, 4.69) is 0 Å². The monoisotopic (exact) mass is 238 g/mol. The molecule has 0 amide bonds. The number of aromatic hydroxyl groups is 1. The van der Waals surface area contributed by atoms with Crippen LogP contribution in [0.1, 0.15) is 15.9 Å². The Labute approximate surface area is 88.3 Å². The Kier molecular flexibility index (Phi) is 3.24. The number of Topliss-reactive ketones (excluding diaryl/α,β-unsaturated/α-hetero) is 1. The smallest absolute Gasteiger partial charge is 0.417 e. The Hall–Kier alpha value is -1.23. The second-order valence-electron chi connectivity index (χ2n) is 2.78. The first-order valence-corrected chi connectivity index (χ1v) is 4.39. The summed E-state index contributed by atoms with van der Waals surface area (Å²) in [6, 6.07) is 2.27. The maximum absolute atomic E-state index is 12.4. The minimum Gasteiger partial charge on any atom is -0.508 e. The second kappa shape index (κ2) is 4.10. The van der Waals surface area contributed by atoms with Crippen LogP contribution in [-0.2, 0) is 6.18 Å². The van der Waals surface area contributed by atoms with Gasteiger partial charge in [-0.25, -0.2) is 0 Å². The van der Waals surface area contributed by atoms with E-state index in [-0.39, 0.29) is 0 Å². The van der Waals surface area contributed by atoms with Crippen molar-refractivity contribution in [2.24, 2.45) is 0 Å². The maximum atomic E-state index is 12.4. The topological polar surface area (TPSA) is 37.3 Å². The molecule has 0 aromatic heterocycles. The predicted octanol–water partition coefficient (Wildman–Crippen LogP) is 2.83. The van der Waals surface area contributed by atoms with E-state index in [0.29, 0.717) is 6.07 Å². The molecule has 0 aliphatic heterocycles. The van der Waals surface area contributed by atoms with Crippen molar-refractivity contribution < 1.29 is 23.1 Å². The minimum atomic E-state index is -4.63. The van der Waals surface area contributed by atoms with Gasteiger partial charge >= 0.3 is 6.18 Å². The molecule has 15 heavy (non-hydrogen) atoms. The number of alkyl halides is 4. The molecule has 0 aliphatic rings. The number of halogens is 4. The van der Waals surface area contributed by atoms with Gasteiger partial charge in [-0.1, -0.05) is 0 Å². The number of rotatable bonds is 2. The van der Waals surface area contributed by atoms with Crippen molar-refractivity contribution in [3.05, 3.63) is 29.3 Å². The fourth-order valence-corrected chi connectivity index (χ4v) is 1.23. The summed E-state index contributed by atoms with van der Waals surface area (Å²) in [4.78, 5) is 11.1. The quantitative estimate of drug-likeness (QED) is 0.635. The SMILES string of the molecule is O=C(CCl)c1cc(O)ccc1C(F)(F)F. The van der Waals surface area contributed by atoms with Gasteiger partial charge in [0.25, 0.3) is 0 Å². The summed E-state index contributed by atoms with van der Waals surface area (Å²) in [7, 11) is 0. The van der Waals surface area contributed by atoms with Crippen LogP contribution in [0.15, 0.2) is 18.2 Å². The third kappa shape index (κ3) is 2.62. The highest BCUT2D eigenvalue weighted by atomic mass is 35.5. The van der Waals surface area contributed by atoms with Gasteiger partial charge in [0, 0.05) is 5.56 Å². The normalized spacial score (nSPS) is 11.5. The highest BCUT2D eigenvalue weighted by Gasteiger charge is 2.34. The molecule has 82 valence electrons. The van der Waals surface area contributed by atoms with E-state index in [1.54, 1.807) is 0 Å². The molecule has 0 atom stereocenters. The van der Waals surface area contributed by atoms with E-state index in [1.807, 2.05) is 0 Å². The molecule has 0 spiro atoms. The molecule has 0 fully saturated rings. The van der Waals surface area contributed by atoms with Crippen LogP contribution in [0.3, 0.4) is 0 Å². The van der Waals surface area contributed by atoms with Crippen LogP contribution < -0.4 is 0 Å². The molecule has 1 rings (SSSR count). The van der Waals surface area contributed by atoms with Crippen LogP contribution in [0.2, 0.25) is 0 Å². The number of ketones is 1. The van der Waals surface area contributed by atoms with Gasteiger partial charge in [-0.05, 0) is 18.2 Å². The molecular weight excluding hydrogens is 233 g/mol. The van der Waals surface area contributed by atoms with E-state index in [9.17, 15) is 18.0 Å². The van der Waals surface area contributed by atoms with Crippen LogP contribution in [0.4, 0.5) is 13.2 Å². The average Bonchev–Trinajstić information content (AvgIpc) is 2.14. The maximum Gasteiger partial charge on any atom is 0.417 e. The van der Waals surface area contributed by atoms with Crippen molar-refractivity contribution in [2.75, 3.05) is 5.88 Å². The minimum absolute atomic E-state index is 0.406. The standard InChI is InChI=1S/C9H6ClF3O2/c10-4-8(15)6-3-5(14)1-2-7(6)9(11,12)13/h1-3,14H,4H2. The summed E-state index contributed by atoms with van der Waals surface area (Å²) < 4.78 is 37.2. The molecule has 0 aliphatic carbocycles. The third-order valence-electron chi connectivity index (χ3n) is 1.73. The lowest BCUT2D eigenvalue weighted by Gasteiger charge is -2.11. The Bertz CT molecular complexity index is 387. The van der Waals surface area contributed by atoms with Gasteiger partial charge in [-0.15, -0.1) is 11.6 Å². The van der Waals surface area contributed by atoms with Gasteiger partial charge in [0.15, 0.2) is 5.78 Å². The van der Waals surface area contributed by atoms with Crippen molar-refractivity contribution in [2.45, 2.75) is 6.18 Å².